The van der Waals surface area contributed by atoms with Gasteiger partial charge in [0.1, 0.15) is 5.82 Å². The van der Waals surface area contributed by atoms with Crippen LogP contribution in [0.1, 0.15) is 20.8 Å². The van der Waals surface area contributed by atoms with E-state index in [0.29, 0.717) is 0 Å². The van der Waals surface area contributed by atoms with Crippen LogP contribution in [0.25, 0.3) is 0 Å². The summed E-state index contributed by atoms with van der Waals surface area (Å²) in [4.78, 5) is -0.162. The average Bonchev–Trinajstić information content (AvgIpc) is 2.06. The lowest BCUT2D eigenvalue weighted by Gasteiger charge is -2.21. The number of rotatable bonds is 2. The first-order valence-electron chi connectivity index (χ1n) is 4.44. The second-order valence-corrected chi connectivity index (χ2v) is 5.38. The number of benzene rings is 1. The summed E-state index contributed by atoms with van der Waals surface area (Å²) in [6.45, 7) is 5.38. The Morgan fingerprint density at radius 2 is 1.87 bits per heavy atom. The Labute approximate surface area is 91.0 Å². The molecule has 0 saturated heterocycles. The summed E-state index contributed by atoms with van der Waals surface area (Å²) < 4.78 is 40.3. The normalized spacial score (nSPS) is 14.0. The topological polar surface area (TPSA) is 35.1 Å². The second-order valence-electron chi connectivity index (χ2n) is 4.20. The van der Waals surface area contributed by atoms with Crippen molar-refractivity contribution in [3.63, 3.8) is 0 Å². The molecule has 0 amide bonds. The maximum Gasteiger partial charge on any atom is 0.212 e. The van der Waals surface area contributed by atoms with Crippen LogP contribution >= 0.6 is 0 Å². The zero-order valence-corrected chi connectivity index (χ0v) is 9.62. The Kier molecular flexibility index (Phi) is 3.70. The van der Waals surface area contributed by atoms with Crippen LogP contribution in [0.15, 0.2) is 23.1 Å². The fourth-order valence-corrected chi connectivity index (χ4v) is 2.08. The van der Waals surface area contributed by atoms with E-state index in [1.165, 1.54) is 0 Å². The highest BCUT2D eigenvalue weighted by molar-refractivity contribution is 7.89. The molecule has 2 nitrogen and oxygen atoms in total. The monoisotopic (exact) mass is 233 g/mol. The van der Waals surface area contributed by atoms with Gasteiger partial charge in [-0.2, -0.15) is 0 Å². The van der Waals surface area contributed by atoms with Crippen molar-refractivity contribution in [3.8, 4) is 0 Å². The first-order valence-corrected chi connectivity index (χ1v) is 5.59. The van der Waals surface area contributed by atoms with Crippen LogP contribution in [0.4, 0.5) is 8.78 Å². The zero-order chi connectivity index (χ0) is 11.6. The minimum absolute atomic E-state index is 0.162. The molecule has 0 fully saturated rings. The fraction of sp³-hybridized carbons (Fsp3) is 0.400. The Bertz CT molecular complexity index is 352. The predicted octanol–water partition coefficient (Wildman–Crippen LogP) is 2.38. The van der Waals surface area contributed by atoms with Crippen LogP contribution in [0, 0.1) is 11.6 Å². The summed E-state index contributed by atoms with van der Waals surface area (Å²) in [6, 6.07) is 2.89. The molecule has 1 unspecified atom stereocenters. The summed E-state index contributed by atoms with van der Waals surface area (Å²) in [5.74, 6) is -1.28. The van der Waals surface area contributed by atoms with E-state index in [1.807, 2.05) is 0 Å². The van der Waals surface area contributed by atoms with Crippen molar-refractivity contribution >= 4 is 11.4 Å². The number of nitrogens with one attached hydrogen (secondary N) is 1. The largest absolute Gasteiger partial charge is 0.593 e. The summed E-state index contributed by atoms with van der Waals surface area (Å²) >= 11 is -1.74. The quantitative estimate of drug-likeness (QED) is 0.796. The molecule has 84 valence electrons. The highest BCUT2D eigenvalue weighted by Crippen LogP contribution is 2.17. The van der Waals surface area contributed by atoms with Gasteiger partial charge < -0.3 is 4.55 Å². The third-order valence-electron chi connectivity index (χ3n) is 1.49. The van der Waals surface area contributed by atoms with Crippen molar-refractivity contribution < 1.29 is 13.3 Å². The first kappa shape index (κ1) is 12.4. The molecule has 0 radical (unpaired) electrons. The molecule has 0 bridgehead atoms. The SMILES string of the molecule is CC(C)(C)N[S+]([O-])c1cc(F)ccc1F. The molecule has 1 atom stereocenters. The summed E-state index contributed by atoms with van der Waals surface area (Å²) in [7, 11) is 0. The van der Waals surface area contributed by atoms with Gasteiger partial charge >= 0.3 is 0 Å². The van der Waals surface area contributed by atoms with Crippen LogP contribution in [0.5, 0.6) is 0 Å². The molecular formula is C10H13F2NOS. The minimum atomic E-state index is -1.74. The Hall–Kier alpha value is -0.650. The number of hydrogen-bond acceptors (Lipinski definition) is 2. The smallest absolute Gasteiger partial charge is 0.212 e. The standard InChI is InChI=1S/C10H13F2NOS/c1-10(2,3)13-15(14)9-6-7(11)4-5-8(9)12/h4-6,13H,1-3H3. The van der Waals surface area contributed by atoms with E-state index in [0.717, 1.165) is 18.2 Å². The molecule has 0 aliphatic rings. The lowest BCUT2D eigenvalue weighted by atomic mass is 10.1. The maximum absolute atomic E-state index is 13.2. The molecule has 1 N–H and O–H groups in total. The number of halogens is 2. The van der Waals surface area contributed by atoms with Gasteiger partial charge in [0, 0.05) is 6.07 Å². The van der Waals surface area contributed by atoms with Crippen molar-refractivity contribution in [3.05, 3.63) is 29.8 Å². The minimum Gasteiger partial charge on any atom is -0.593 e. The zero-order valence-electron chi connectivity index (χ0n) is 8.80. The van der Waals surface area contributed by atoms with Crippen LogP contribution in [-0.4, -0.2) is 10.1 Å². The van der Waals surface area contributed by atoms with Gasteiger partial charge in [-0.3, -0.25) is 0 Å². The number of hydrogen-bond donors (Lipinski definition) is 1. The molecule has 0 saturated carbocycles. The van der Waals surface area contributed by atoms with Gasteiger partial charge in [0.25, 0.3) is 0 Å². The van der Waals surface area contributed by atoms with Gasteiger partial charge in [-0.05, 0) is 32.9 Å². The Morgan fingerprint density at radius 1 is 1.27 bits per heavy atom. The van der Waals surface area contributed by atoms with E-state index < -0.39 is 28.5 Å². The van der Waals surface area contributed by atoms with Crippen LogP contribution < -0.4 is 4.72 Å². The lowest BCUT2D eigenvalue weighted by Crippen LogP contribution is -2.40. The van der Waals surface area contributed by atoms with E-state index in [4.69, 9.17) is 0 Å². The van der Waals surface area contributed by atoms with Crippen molar-refractivity contribution in [2.75, 3.05) is 0 Å². The molecule has 15 heavy (non-hydrogen) atoms. The Morgan fingerprint density at radius 3 is 2.40 bits per heavy atom. The molecule has 0 aliphatic carbocycles. The van der Waals surface area contributed by atoms with Crippen LogP contribution in [0.2, 0.25) is 0 Å². The van der Waals surface area contributed by atoms with E-state index >= 15 is 0 Å². The molecule has 0 heterocycles. The lowest BCUT2D eigenvalue weighted by molar-refractivity contribution is 0.484. The van der Waals surface area contributed by atoms with E-state index in [2.05, 4.69) is 4.72 Å². The third kappa shape index (κ3) is 3.77. The van der Waals surface area contributed by atoms with Gasteiger partial charge in [-0.25, -0.2) is 8.78 Å². The van der Waals surface area contributed by atoms with Crippen molar-refractivity contribution in [2.45, 2.75) is 31.2 Å². The van der Waals surface area contributed by atoms with Gasteiger partial charge in [-0.15, -0.1) is 4.72 Å². The summed E-state index contributed by atoms with van der Waals surface area (Å²) in [6.07, 6.45) is 0. The highest BCUT2D eigenvalue weighted by atomic mass is 32.2. The molecular weight excluding hydrogens is 220 g/mol. The molecule has 0 aliphatic heterocycles. The average molecular weight is 233 g/mol. The molecule has 1 aromatic carbocycles. The molecule has 0 aromatic heterocycles. The summed E-state index contributed by atoms with van der Waals surface area (Å²) in [5.41, 5.74) is -0.427. The first-order chi connectivity index (χ1) is 6.79. The van der Waals surface area contributed by atoms with Crippen molar-refractivity contribution in [1.29, 1.82) is 0 Å². The van der Waals surface area contributed by atoms with E-state index in [9.17, 15) is 13.3 Å². The van der Waals surface area contributed by atoms with Crippen molar-refractivity contribution in [1.82, 2.24) is 4.72 Å². The molecule has 1 rings (SSSR count). The van der Waals surface area contributed by atoms with Gasteiger partial charge in [-0.1, -0.05) is 0 Å². The van der Waals surface area contributed by atoms with Crippen LogP contribution in [-0.2, 0) is 11.4 Å². The van der Waals surface area contributed by atoms with Crippen molar-refractivity contribution in [2.24, 2.45) is 0 Å². The molecule has 5 heteroatoms. The van der Waals surface area contributed by atoms with E-state index in [-0.39, 0.29) is 4.90 Å². The van der Waals surface area contributed by atoms with Gasteiger partial charge in [0.15, 0.2) is 5.82 Å². The highest BCUT2D eigenvalue weighted by Gasteiger charge is 2.24. The Balaban J connectivity index is 2.90. The molecule has 0 spiro atoms. The fourth-order valence-electron chi connectivity index (χ4n) is 0.952. The summed E-state index contributed by atoms with van der Waals surface area (Å²) in [5, 5.41) is 0. The molecule has 1 aromatic rings. The van der Waals surface area contributed by atoms with Crippen LogP contribution in [0.3, 0.4) is 0 Å². The van der Waals surface area contributed by atoms with Gasteiger partial charge in [0.05, 0.1) is 16.9 Å². The second kappa shape index (κ2) is 4.47. The maximum atomic E-state index is 13.2. The predicted molar refractivity (Wildman–Crippen MR) is 55.7 cm³/mol. The third-order valence-corrected chi connectivity index (χ3v) is 3.00. The van der Waals surface area contributed by atoms with E-state index in [1.54, 1.807) is 20.8 Å². The van der Waals surface area contributed by atoms with Gasteiger partial charge in [0.2, 0.25) is 4.90 Å².